The highest BCUT2D eigenvalue weighted by Crippen LogP contribution is 2.18. The third kappa shape index (κ3) is 2.96. The molecular weight excluding hydrogens is 298 g/mol. The van der Waals surface area contributed by atoms with E-state index in [4.69, 9.17) is 0 Å². The van der Waals surface area contributed by atoms with Gasteiger partial charge in [-0.2, -0.15) is 0 Å². The first-order valence-corrected chi connectivity index (χ1v) is 8.77. The summed E-state index contributed by atoms with van der Waals surface area (Å²) in [6, 6.07) is 11.0. The molecule has 0 saturated heterocycles. The molecule has 0 fully saturated rings. The van der Waals surface area contributed by atoms with Crippen LogP contribution in [0.25, 0.3) is 11.5 Å². The predicted molar refractivity (Wildman–Crippen MR) is 85.4 cm³/mol. The Morgan fingerprint density at radius 1 is 1.14 bits per heavy atom. The van der Waals surface area contributed by atoms with E-state index in [1.807, 2.05) is 42.1 Å². The van der Waals surface area contributed by atoms with Crippen molar-refractivity contribution < 1.29 is 8.42 Å². The summed E-state index contributed by atoms with van der Waals surface area (Å²) in [5, 5.41) is 0. The van der Waals surface area contributed by atoms with Crippen LogP contribution in [0.1, 0.15) is 11.3 Å². The van der Waals surface area contributed by atoms with Crippen LogP contribution in [0.4, 0.5) is 0 Å². The average Bonchev–Trinajstić information content (AvgIpc) is 3.07. The van der Waals surface area contributed by atoms with Gasteiger partial charge in [-0.25, -0.2) is 13.4 Å². The van der Waals surface area contributed by atoms with E-state index in [0.29, 0.717) is 11.3 Å². The number of hydrogen-bond acceptors (Lipinski definition) is 3. The molecule has 5 nitrogen and oxygen atoms in total. The summed E-state index contributed by atoms with van der Waals surface area (Å²) in [4.78, 5) is 8.00. The lowest BCUT2D eigenvalue weighted by atomic mass is 10.1. The molecule has 0 spiro atoms. The summed E-state index contributed by atoms with van der Waals surface area (Å²) in [6.45, 7) is 0. The molecule has 1 N–H and O–H groups in total. The summed E-state index contributed by atoms with van der Waals surface area (Å²) in [7, 11) is -1.19. The van der Waals surface area contributed by atoms with E-state index in [1.54, 1.807) is 18.3 Å². The van der Waals surface area contributed by atoms with Crippen LogP contribution in [-0.2, 0) is 23.3 Å². The van der Waals surface area contributed by atoms with Gasteiger partial charge in [0.1, 0.15) is 0 Å². The third-order valence-corrected chi connectivity index (χ3v) is 4.68. The number of aryl methyl sites for hydroxylation is 1. The summed E-state index contributed by atoms with van der Waals surface area (Å²) in [6.07, 6.45) is 5.60. The Labute approximate surface area is 129 Å². The molecule has 114 valence electrons. The maximum absolute atomic E-state index is 11.5. The molecular formula is C16H17N3O2S. The summed E-state index contributed by atoms with van der Waals surface area (Å²) < 4.78 is 24.9. The van der Waals surface area contributed by atoms with Crippen LogP contribution in [0.2, 0.25) is 0 Å². The number of sulfone groups is 1. The number of benzene rings is 1. The molecule has 0 saturated carbocycles. The number of imidazole rings is 1. The van der Waals surface area contributed by atoms with Gasteiger partial charge in [-0.05, 0) is 29.8 Å². The van der Waals surface area contributed by atoms with Gasteiger partial charge in [0.15, 0.2) is 15.7 Å². The van der Waals surface area contributed by atoms with E-state index < -0.39 is 9.84 Å². The normalized spacial score (nSPS) is 11.7. The lowest BCUT2D eigenvalue weighted by Crippen LogP contribution is -1.97. The Morgan fingerprint density at radius 3 is 2.45 bits per heavy atom. The van der Waals surface area contributed by atoms with Crippen LogP contribution in [0.15, 0.2) is 53.7 Å². The zero-order valence-corrected chi connectivity index (χ0v) is 13.3. The monoisotopic (exact) mass is 315 g/mol. The topological polar surface area (TPSA) is 67.8 Å². The molecule has 0 radical (unpaired) electrons. The summed E-state index contributed by atoms with van der Waals surface area (Å²) in [5.74, 6) is 0.888. The van der Waals surface area contributed by atoms with Gasteiger partial charge in [0.25, 0.3) is 0 Å². The molecule has 0 amide bonds. The Bertz CT molecular complexity index is 890. The zero-order chi connectivity index (χ0) is 15.7. The second-order valence-electron chi connectivity index (χ2n) is 5.35. The van der Waals surface area contributed by atoms with Gasteiger partial charge in [0.2, 0.25) is 0 Å². The first-order valence-electron chi connectivity index (χ1n) is 6.88. The van der Waals surface area contributed by atoms with Gasteiger partial charge in [-0.3, -0.25) is 0 Å². The molecule has 0 atom stereocenters. The van der Waals surface area contributed by atoms with Gasteiger partial charge in [-0.1, -0.05) is 12.1 Å². The van der Waals surface area contributed by atoms with E-state index in [2.05, 4.69) is 9.97 Å². The Kier molecular flexibility index (Phi) is 3.62. The Morgan fingerprint density at radius 2 is 1.86 bits per heavy atom. The molecule has 22 heavy (non-hydrogen) atoms. The van der Waals surface area contributed by atoms with Gasteiger partial charge in [0.05, 0.1) is 10.6 Å². The predicted octanol–water partition coefficient (Wildman–Crippen LogP) is 2.41. The summed E-state index contributed by atoms with van der Waals surface area (Å²) >= 11 is 0. The van der Waals surface area contributed by atoms with Crippen molar-refractivity contribution in [2.75, 3.05) is 6.26 Å². The Balaban J connectivity index is 1.80. The van der Waals surface area contributed by atoms with E-state index in [9.17, 15) is 8.42 Å². The fourth-order valence-electron chi connectivity index (χ4n) is 2.37. The standard InChI is InChI=1S/C16H17N3O2S/c1-19-10-9-17-16(19)15-8-5-13(18-15)11-12-3-6-14(7-4-12)22(2,20)21/h3-10,18H,11H2,1-2H3. The average molecular weight is 315 g/mol. The number of nitrogens with one attached hydrogen (secondary N) is 1. The number of hydrogen-bond donors (Lipinski definition) is 1. The van der Waals surface area contributed by atoms with E-state index in [0.717, 1.165) is 22.8 Å². The molecule has 0 unspecified atom stereocenters. The van der Waals surface area contributed by atoms with Gasteiger partial charge < -0.3 is 9.55 Å². The minimum absolute atomic E-state index is 0.344. The van der Waals surface area contributed by atoms with Gasteiger partial charge in [-0.15, -0.1) is 0 Å². The van der Waals surface area contributed by atoms with Crippen LogP contribution in [0.3, 0.4) is 0 Å². The first kappa shape index (κ1) is 14.6. The van der Waals surface area contributed by atoms with Crippen LogP contribution < -0.4 is 0 Å². The molecule has 3 aromatic rings. The van der Waals surface area contributed by atoms with Crippen molar-refractivity contribution in [3.63, 3.8) is 0 Å². The highest BCUT2D eigenvalue weighted by molar-refractivity contribution is 7.90. The van der Waals surface area contributed by atoms with Crippen LogP contribution in [0, 0.1) is 0 Å². The smallest absolute Gasteiger partial charge is 0.175 e. The number of H-pyrrole nitrogens is 1. The third-order valence-electron chi connectivity index (χ3n) is 3.55. The number of aromatic amines is 1. The number of rotatable bonds is 4. The minimum Gasteiger partial charge on any atom is -0.356 e. The lowest BCUT2D eigenvalue weighted by molar-refractivity contribution is 0.602. The minimum atomic E-state index is -3.14. The maximum atomic E-state index is 11.5. The van der Waals surface area contributed by atoms with Crippen molar-refractivity contribution >= 4 is 9.84 Å². The van der Waals surface area contributed by atoms with Crippen molar-refractivity contribution in [3.05, 3.63) is 60.0 Å². The highest BCUT2D eigenvalue weighted by atomic mass is 32.2. The molecule has 2 heterocycles. The molecule has 1 aromatic carbocycles. The van der Waals surface area contributed by atoms with Crippen molar-refractivity contribution in [2.45, 2.75) is 11.3 Å². The second kappa shape index (κ2) is 5.46. The second-order valence-corrected chi connectivity index (χ2v) is 7.37. The molecule has 0 aliphatic rings. The molecule has 3 rings (SSSR count). The molecule has 0 aliphatic heterocycles. The van der Waals surface area contributed by atoms with Crippen molar-refractivity contribution in [1.82, 2.24) is 14.5 Å². The van der Waals surface area contributed by atoms with Gasteiger partial charge >= 0.3 is 0 Å². The van der Waals surface area contributed by atoms with Crippen LogP contribution in [-0.4, -0.2) is 29.2 Å². The lowest BCUT2D eigenvalue weighted by Gasteiger charge is -2.02. The molecule has 0 bridgehead atoms. The Hall–Kier alpha value is -2.34. The maximum Gasteiger partial charge on any atom is 0.175 e. The fourth-order valence-corrected chi connectivity index (χ4v) is 3.00. The quantitative estimate of drug-likeness (QED) is 0.804. The zero-order valence-electron chi connectivity index (χ0n) is 12.4. The van der Waals surface area contributed by atoms with E-state index >= 15 is 0 Å². The van der Waals surface area contributed by atoms with Crippen molar-refractivity contribution in [3.8, 4) is 11.5 Å². The summed E-state index contributed by atoms with van der Waals surface area (Å²) in [5.41, 5.74) is 3.08. The van der Waals surface area contributed by atoms with E-state index in [1.165, 1.54) is 6.26 Å². The first-order chi connectivity index (χ1) is 10.4. The highest BCUT2D eigenvalue weighted by Gasteiger charge is 2.08. The molecule has 6 heteroatoms. The van der Waals surface area contributed by atoms with Gasteiger partial charge in [0, 0.05) is 37.8 Å². The van der Waals surface area contributed by atoms with Crippen LogP contribution >= 0.6 is 0 Å². The number of aromatic nitrogens is 3. The number of nitrogens with zero attached hydrogens (tertiary/aromatic N) is 2. The molecule has 2 aromatic heterocycles. The van der Waals surface area contributed by atoms with Crippen molar-refractivity contribution in [2.24, 2.45) is 7.05 Å². The SMILES string of the molecule is Cn1ccnc1-c1ccc(Cc2ccc(S(C)(=O)=O)cc2)[nH]1. The largest absolute Gasteiger partial charge is 0.356 e. The van der Waals surface area contributed by atoms with Crippen LogP contribution in [0.5, 0.6) is 0 Å². The van der Waals surface area contributed by atoms with Crippen molar-refractivity contribution in [1.29, 1.82) is 0 Å². The molecule has 0 aliphatic carbocycles. The fraction of sp³-hybridized carbons (Fsp3) is 0.188. The van der Waals surface area contributed by atoms with E-state index in [-0.39, 0.29) is 0 Å².